The lowest BCUT2D eigenvalue weighted by atomic mass is 9.78. The maximum absolute atomic E-state index is 12.5. The maximum atomic E-state index is 12.5. The first-order valence-corrected chi connectivity index (χ1v) is 9.88. The van der Waals surface area contributed by atoms with E-state index in [2.05, 4.69) is 56.7 Å². The molecular weight excluding hydrogens is 326 g/mol. The van der Waals surface area contributed by atoms with Crippen LogP contribution in [0.15, 0.2) is 42.1 Å². The zero-order valence-corrected chi connectivity index (χ0v) is 14.9. The molecular formula is C20H27N5O. The predicted octanol–water partition coefficient (Wildman–Crippen LogP) is 0.865. The number of nitrogens with one attached hydrogen (secondary N) is 4. The molecule has 5 rings (SSSR count). The largest absolute Gasteiger partial charge is 0.331 e. The van der Waals surface area contributed by atoms with E-state index >= 15 is 0 Å². The predicted molar refractivity (Wildman–Crippen MR) is 99.7 cm³/mol. The second kappa shape index (κ2) is 6.68. The molecule has 4 N–H and O–H groups in total. The zero-order valence-electron chi connectivity index (χ0n) is 14.9. The fourth-order valence-electron chi connectivity index (χ4n) is 5.20. The van der Waals surface area contributed by atoms with Crippen LogP contribution in [-0.4, -0.2) is 42.9 Å². The van der Waals surface area contributed by atoms with E-state index in [4.69, 9.17) is 0 Å². The van der Waals surface area contributed by atoms with E-state index in [0.717, 1.165) is 38.9 Å². The molecule has 4 heterocycles. The summed E-state index contributed by atoms with van der Waals surface area (Å²) in [5.41, 5.74) is 6.23. The molecule has 6 heteroatoms. The summed E-state index contributed by atoms with van der Waals surface area (Å²) in [7, 11) is 0. The quantitative estimate of drug-likeness (QED) is 0.635. The van der Waals surface area contributed by atoms with Crippen molar-refractivity contribution in [3.8, 4) is 0 Å². The van der Waals surface area contributed by atoms with Crippen molar-refractivity contribution in [3.05, 3.63) is 47.7 Å². The van der Waals surface area contributed by atoms with Crippen LogP contribution in [0.1, 0.15) is 30.7 Å². The Hall–Kier alpha value is -1.89. The number of nitrogens with zero attached hydrogens (tertiary/aromatic N) is 1. The van der Waals surface area contributed by atoms with Gasteiger partial charge in [-0.1, -0.05) is 30.3 Å². The molecule has 0 saturated carbocycles. The Morgan fingerprint density at radius 2 is 1.81 bits per heavy atom. The molecule has 1 aromatic carbocycles. The summed E-state index contributed by atoms with van der Waals surface area (Å²) in [6, 6.07) is 10.8. The maximum Gasteiger partial charge on any atom is 0.247 e. The average molecular weight is 353 g/mol. The smallest absolute Gasteiger partial charge is 0.247 e. The van der Waals surface area contributed by atoms with Crippen LogP contribution >= 0.6 is 0 Å². The Kier molecular flexibility index (Phi) is 4.19. The highest BCUT2D eigenvalue weighted by Gasteiger charge is 2.51. The number of rotatable bonds is 2. The number of carbonyl (C=O) groups excluding carboxylic acids is 1. The standard InChI is InChI=1S/C20H27N5O/c26-17-12-16(14-6-9-21-10-7-14)25-20(23-17)18-15(8-11-22-19(18)24-25)13-4-2-1-3-5-13/h1-5,12,14-15,18-22,24H,6-11H2,(H,23,26). The van der Waals surface area contributed by atoms with Crippen molar-refractivity contribution in [2.45, 2.75) is 37.5 Å². The summed E-state index contributed by atoms with van der Waals surface area (Å²) < 4.78 is 0. The first-order chi connectivity index (χ1) is 12.8. The average Bonchev–Trinajstić information content (AvgIpc) is 3.07. The van der Waals surface area contributed by atoms with E-state index in [1.54, 1.807) is 0 Å². The molecule has 4 aliphatic rings. The van der Waals surface area contributed by atoms with E-state index in [9.17, 15) is 4.79 Å². The molecule has 6 nitrogen and oxygen atoms in total. The molecule has 3 fully saturated rings. The van der Waals surface area contributed by atoms with Crippen molar-refractivity contribution in [3.63, 3.8) is 0 Å². The lowest BCUT2D eigenvalue weighted by Crippen LogP contribution is -2.55. The van der Waals surface area contributed by atoms with E-state index in [0.29, 0.717) is 17.8 Å². The minimum absolute atomic E-state index is 0.0143. The van der Waals surface area contributed by atoms with Crippen LogP contribution in [0.4, 0.5) is 0 Å². The number of carbonyl (C=O) groups is 1. The molecule has 0 radical (unpaired) electrons. The molecule has 0 aromatic heterocycles. The summed E-state index contributed by atoms with van der Waals surface area (Å²) in [6.07, 6.45) is 5.31. The van der Waals surface area contributed by atoms with E-state index in [1.165, 1.54) is 11.3 Å². The summed E-state index contributed by atoms with van der Waals surface area (Å²) in [4.78, 5) is 12.5. The number of allylic oxidation sites excluding steroid dienone is 1. The summed E-state index contributed by atoms with van der Waals surface area (Å²) in [6.45, 7) is 3.05. The van der Waals surface area contributed by atoms with Crippen LogP contribution in [-0.2, 0) is 4.79 Å². The number of benzene rings is 1. The van der Waals surface area contributed by atoms with E-state index < -0.39 is 0 Å². The number of hydrogen-bond donors (Lipinski definition) is 4. The van der Waals surface area contributed by atoms with Gasteiger partial charge in [0.1, 0.15) is 6.17 Å². The lowest BCUT2D eigenvalue weighted by molar-refractivity contribution is -0.120. The molecule has 0 spiro atoms. The van der Waals surface area contributed by atoms with Crippen molar-refractivity contribution in [1.29, 1.82) is 0 Å². The highest BCUT2D eigenvalue weighted by Crippen LogP contribution is 2.42. The van der Waals surface area contributed by atoms with Crippen molar-refractivity contribution in [1.82, 2.24) is 26.4 Å². The van der Waals surface area contributed by atoms with Gasteiger partial charge in [0.05, 0.1) is 6.17 Å². The highest BCUT2D eigenvalue weighted by atomic mass is 16.2. The number of fused-ring (bicyclic) bond motifs is 3. The summed E-state index contributed by atoms with van der Waals surface area (Å²) >= 11 is 0. The molecule has 138 valence electrons. The molecule has 0 bridgehead atoms. The molecule has 4 unspecified atom stereocenters. The second-order valence-electron chi connectivity index (χ2n) is 7.86. The van der Waals surface area contributed by atoms with Crippen molar-refractivity contribution in [2.75, 3.05) is 19.6 Å². The monoisotopic (exact) mass is 353 g/mol. The Balaban J connectivity index is 1.46. The Labute approximate surface area is 154 Å². The Morgan fingerprint density at radius 1 is 1.00 bits per heavy atom. The van der Waals surface area contributed by atoms with E-state index in [1.807, 2.05) is 6.08 Å². The normalized spacial score (nSPS) is 34.7. The third kappa shape index (κ3) is 2.73. The van der Waals surface area contributed by atoms with Gasteiger partial charge in [0.2, 0.25) is 5.91 Å². The van der Waals surface area contributed by atoms with Gasteiger partial charge >= 0.3 is 0 Å². The van der Waals surface area contributed by atoms with Crippen molar-refractivity contribution < 1.29 is 4.79 Å². The van der Waals surface area contributed by atoms with Gasteiger partial charge in [0.15, 0.2) is 0 Å². The number of piperidine rings is 2. The van der Waals surface area contributed by atoms with Gasteiger partial charge in [-0.3, -0.25) is 9.80 Å². The van der Waals surface area contributed by atoms with Crippen LogP contribution in [0.2, 0.25) is 0 Å². The molecule has 26 heavy (non-hydrogen) atoms. The molecule has 4 atom stereocenters. The van der Waals surface area contributed by atoms with Gasteiger partial charge in [0.25, 0.3) is 0 Å². The highest BCUT2D eigenvalue weighted by molar-refractivity contribution is 5.89. The number of hydrogen-bond acceptors (Lipinski definition) is 5. The molecule has 1 aromatic rings. The fraction of sp³-hybridized carbons (Fsp3) is 0.550. The Morgan fingerprint density at radius 3 is 2.62 bits per heavy atom. The minimum atomic E-state index is 0.0143. The molecule has 4 aliphatic heterocycles. The van der Waals surface area contributed by atoms with Gasteiger partial charge in [0, 0.05) is 23.6 Å². The third-order valence-corrected chi connectivity index (χ3v) is 6.42. The van der Waals surface area contributed by atoms with Gasteiger partial charge in [-0.25, -0.2) is 5.43 Å². The van der Waals surface area contributed by atoms with Crippen molar-refractivity contribution in [2.24, 2.45) is 11.8 Å². The molecule has 1 amide bonds. The van der Waals surface area contributed by atoms with Crippen LogP contribution in [0.3, 0.4) is 0 Å². The SMILES string of the molecule is O=C1C=C(C2CCNCC2)N2NC3NCCC(c4ccccc4)C3C2N1. The minimum Gasteiger partial charge on any atom is -0.331 e. The van der Waals surface area contributed by atoms with Gasteiger partial charge in [-0.05, 0) is 50.4 Å². The number of amides is 1. The Bertz CT molecular complexity index is 699. The summed E-state index contributed by atoms with van der Waals surface area (Å²) in [5, 5.41) is 12.6. The second-order valence-corrected chi connectivity index (χ2v) is 7.86. The van der Waals surface area contributed by atoms with Crippen LogP contribution < -0.4 is 21.4 Å². The van der Waals surface area contributed by atoms with Crippen LogP contribution in [0.5, 0.6) is 0 Å². The lowest BCUT2D eigenvalue weighted by Gasteiger charge is -2.40. The topological polar surface area (TPSA) is 68.4 Å². The van der Waals surface area contributed by atoms with Crippen molar-refractivity contribution >= 4 is 5.91 Å². The van der Waals surface area contributed by atoms with E-state index in [-0.39, 0.29) is 18.2 Å². The molecule has 0 aliphatic carbocycles. The fourth-order valence-corrected chi connectivity index (χ4v) is 5.20. The van der Waals surface area contributed by atoms with Crippen LogP contribution in [0.25, 0.3) is 0 Å². The van der Waals surface area contributed by atoms with Gasteiger partial charge in [-0.2, -0.15) is 0 Å². The van der Waals surface area contributed by atoms with Crippen LogP contribution in [0, 0.1) is 11.8 Å². The van der Waals surface area contributed by atoms with Gasteiger partial charge < -0.3 is 16.0 Å². The first kappa shape index (κ1) is 16.3. The summed E-state index contributed by atoms with van der Waals surface area (Å²) in [5.74, 6) is 1.27. The molecule has 3 saturated heterocycles. The number of hydrazine groups is 1. The first-order valence-electron chi connectivity index (χ1n) is 9.88. The zero-order chi connectivity index (χ0) is 17.5. The van der Waals surface area contributed by atoms with Gasteiger partial charge in [-0.15, -0.1) is 0 Å². The third-order valence-electron chi connectivity index (χ3n) is 6.42.